The Labute approximate surface area is 113 Å². The Hall–Kier alpha value is -2.43. The average Bonchev–Trinajstić information content (AvgIpc) is 2.39. The van der Waals surface area contributed by atoms with Gasteiger partial charge in [-0.25, -0.2) is 8.78 Å². The number of carbonyl (C=O) groups is 1. The van der Waals surface area contributed by atoms with Gasteiger partial charge in [0.1, 0.15) is 23.4 Å². The molecule has 2 N–H and O–H groups in total. The van der Waals surface area contributed by atoms with Crippen LogP contribution in [0, 0.1) is 11.6 Å². The third kappa shape index (κ3) is 2.11. The summed E-state index contributed by atoms with van der Waals surface area (Å²) in [4.78, 5) is 12.1. The number of hydrogen-bond donors (Lipinski definition) is 2. The molecule has 0 saturated heterocycles. The van der Waals surface area contributed by atoms with Gasteiger partial charge in [-0.2, -0.15) is 0 Å². The van der Waals surface area contributed by atoms with Crippen molar-refractivity contribution in [2.45, 2.75) is 12.5 Å². The number of anilines is 1. The van der Waals surface area contributed by atoms with Gasteiger partial charge in [0.2, 0.25) is 0 Å². The molecule has 20 heavy (non-hydrogen) atoms. The van der Waals surface area contributed by atoms with Crippen LogP contribution < -0.4 is 5.32 Å². The minimum Gasteiger partial charge on any atom is -0.508 e. The monoisotopic (exact) mass is 275 g/mol. The lowest BCUT2D eigenvalue weighted by Gasteiger charge is -2.26. The van der Waals surface area contributed by atoms with E-state index < -0.39 is 17.7 Å². The van der Waals surface area contributed by atoms with Crippen molar-refractivity contribution in [2.75, 3.05) is 5.32 Å². The van der Waals surface area contributed by atoms with Crippen LogP contribution in [-0.2, 0) is 11.2 Å². The van der Waals surface area contributed by atoms with Crippen LogP contribution in [0.15, 0.2) is 36.4 Å². The molecule has 1 unspecified atom stereocenters. The molecule has 3 nitrogen and oxygen atoms in total. The molecule has 0 amide bonds. The fourth-order valence-corrected chi connectivity index (χ4v) is 2.36. The maximum Gasteiger partial charge on any atom is 0.164 e. The molecule has 1 heterocycles. The first kappa shape index (κ1) is 12.6. The molecule has 1 aliphatic heterocycles. The Morgan fingerprint density at radius 3 is 2.70 bits per heavy atom. The normalized spacial score (nSPS) is 17.5. The van der Waals surface area contributed by atoms with Crippen molar-refractivity contribution in [2.24, 2.45) is 0 Å². The lowest BCUT2D eigenvalue weighted by atomic mass is 9.92. The largest absolute Gasteiger partial charge is 0.508 e. The Balaban J connectivity index is 2.01. The topological polar surface area (TPSA) is 49.3 Å². The zero-order valence-electron chi connectivity index (χ0n) is 10.4. The third-order valence-electron chi connectivity index (χ3n) is 3.35. The van der Waals surface area contributed by atoms with Crippen LogP contribution in [0.2, 0.25) is 0 Å². The maximum atomic E-state index is 13.8. The van der Waals surface area contributed by atoms with Crippen LogP contribution in [0.1, 0.15) is 17.2 Å². The lowest BCUT2D eigenvalue weighted by Crippen LogP contribution is -2.28. The Morgan fingerprint density at radius 2 is 1.95 bits per heavy atom. The molecule has 1 aliphatic rings. The van der Waals surface area contributed by atoms with E-state index in [1.807, 2.05) is 0 Å². The molecule has 0 spiro atoms. The molecule has 0 fully saturated rings. The molecule has 2 aromatic carbocycles. The summed E-state index contributed by atoms with van der Waals surface area (Å²) in [6, 6.07) is 6.86. The molecule has 3 rings (SSSR count). The number of halogens is 2. The predicted molar refractivity (Wildman–Crippen MR) is 69.5 cm³/mol. The summed E-state index contributed by atoms with van der Waals surface area (Å²) in [7, 11) is 0. The first-order valence-electron chi connectivity index (χ1n) is 6.10. The maximum absolute atomic E-state index is 13.8. The summed E-state index contributed by atoms with van der Waals surface area (Å²) in [5, 5.41) is 12.1. The number of ketones is 1. The van der Waals surface area contributed by atoms with E-state index >= 15 is 0 Å². The molecule has 1 atom stereocenters. The number of rotatable bonds is 1. The van der Waals surface area contributed by atoms with E-state index in [0.29, 0.717) is 11.3 Å². The molecule has 0 radical (unpaired) electrons. The standard InChI is InChI=1S/C15H11F2NO2/c16-9-2-1-8-5-14(20)15(18-13(8)6-9)11-4-3-10(19)7-12(11)17/h1-4,6-7,15,18-19H,5H2. The van der Waals surface area contributed by atoms with E-state index in [9.17, 15) is 18.7 Å². The number of Topliss-reactive ketones (excluding diaryl/α,β-unsaturated/α-hetero) is 1. The smallest absolute Gasteiger partial charge is 0.164 e. The summed E-state index contributed by atoms with van der Waals surface area (Å²) in [5.41, 5.74) is 1.32. The fourth-order valence-electron chi connectivity index (χ4n) is 2.36. The van der Waals surface area contributed by atoms with Crippen molar-refractivity contribution in [1.82, 2.24) is 0 Å². The minimum absolute atomic E-state index is 0.119. The molecule has 0 bridgehead atoms. The van der Waals surface area contributed by atoms with Crippen molar-refractivity contribution < 1.29 is 18.7 Å². The van der Waals surface area contributed by atoms with E-state index in [1.165, 1.54) is 24.3 Å². The highest BCUT2D eigenvalue weighted by Crippen LogP contribution is 2.32. The van der Waals surface area contributed by atoms with E-state index in [-0.39, 0.29) is 23.5 Å². The lowest BCUT2D eigenvalue weighted by molar-refractivity contribution is -0.119. The summed E-state index contributed by atoms with van der Waals surface area (Å²) < 4.78 is 27.1. The molecule has 0 saturated carbocycles. The zero-order chi connectivity index (χ0) is 14.3. The number of phenolic OH excluding ortho intramolecular Hbond substituents is 1. The van der Waals surface area contributed by atoms with Crippen molar-refractivity contribution in [1.29, 1.82) is 0 Å². The van der Waals surface area contributed by atoms with Gasteiger partial charge in [0, 0.05) is 23.7 Å². The van der Waals surface area contributed by atoms with Gasteiger partial charge < -0.3 is 10.4 Å². The zero-order valence-corrected chi connectivity index (χ0v) is 10.4. The Morgan fingerprint density at radius 1 is 1.15 bits per heavy atom. The predicted octanol–water partition coefficient (Wildman–Crippen LogP) is 2.95. The second-order valence-corrected chi connectivity index (χ2v) is 4.73. The third-order valence-corrected chi connectivity index (χ3v) is 3.35. The number of hydrogen-bond acceptors (Lipinski definition) is 3. The minimum atomic E-state index is -0.870. The Bertz CT molecular complexity index is 700. The van der Waals surface area contributed by atoms with Gasteiger partial charge in [-0.3, -0.25) is 4.79 Å². The fraction of sp³-hybridized carbons (Fsp3) is 0.133. The second-order valence-electron chi connectivity index (χ2n) is 4.73. The first-order chi connectivity index (χ1) is 9.54. The van der Waals surface area contributed by atoms with Crippen molar-refractivity contribution in [3.8, 4) is 5.75 Å². The SMILES string of the molecule is O=C1Cc2ccc(F)cc2NC1c1ccc(O)cc1F. The Kier molecular flexibility index (Phi) is 2.89. The van der Waals surface area contributed by atoms with Gasteiger partial charge in [0.05, 0.1) is 0 Å². The molecular weight excluding hydrogens is 264 g/mol. The van der Waals surface area contributed by atoms with Crippen LogP contribution >= 0.6 is 0 Å². The highest BCUT2D eigenvalue weighted by molar-refractivity contribution is 5.93. The molecule has 2 aromatic rings. The van der Waals surface area contributed by atoms with Gasteiger partial charge in [-0.15, -0.1) is 0 Å². The van der Waals surface area contributed by atoms with E-state index in [4.69, 9.17) is 0 Å². The van der Waals surface area contributed by atoms with Crippen molar-refractivity contribution in [3.05, 3.63) is 59.2 Å². The van der Waals surface area contributed by atoms with Crippen molar-refractivity contribution >= 4 is 11.5 Å². The summed E-state index contributed by atoms with van der Waals surface area (Å²) in [6.07, 6.45) is 0.119. The molecule has 0 aromatic heterocycles. The number of fused-ring (bicyclic) bond motifs is 1. The van der Waals surface area contributed by atoms with Gasteiger partial charge >= 0.3 is 0 Å². The van der Waals surface area contributed by atoms with Crippen LogP contribution in [-0.4, -0.2) is 10.9 Å². The van der Waals surface area contributed by atoms with E-state index in [0.717, 1.165) is 6.07 Å². The van der Waals surface area contributed by atoms with Gasteiger partial charge in [0.15, 0.2) is 5.78 Å². The van der Waals surface area contributed by atoms with E-state index in [1.54, 1.807) is 6.07 Å². The summed E-state index contributed by atoms with van der Waals surface area (Å²) in [6.45, 7) is 0. The molecule has 0 aliphatic carbocycles. The van der Waals surface area contributed by atoms with Gasteiger partial charge in [0.25, 0.3) is 0 Å². The van der Waals surface area contributed by atoms with Crippen LogP contribution in [0.4, 0.5) is 14.5 Å². The number of nitrogens with one attached hydrogen (secondary N) is 1. The first-order valence-corrected chi connectivity index (χ1v) is 6.10. The number of phenols is 1. The van der Waals surface area contributed by atoms with E-state index in [2.05, 4.69) is 5.32 Å². The molecule has 5 heteroatoms. The average molecular weight is 275 g/mol. The second kappa shape index (κ2) is 4.59. The number of aromatic hydroxyl groups is 1. The summed E-state index contributed by atoms with van der Waals surface area (Å²) >= 11 is 0. The highest BCUT2D eigenvalue weighted by Gasteiger charge is 2.29. The molecule has 102 valence electrons. The van der Waals surface area contributed by atoms with Crippen LogP contribution in [0.3, 0.4) is 0 Å². The number of carbonyl (C=O) groups excluding carboxylic acids is 1. The summed E-state index contributed by atoms with van der Waals surface area (Å²) in [5.74, 6) is -1.50. The van der Waals surface area contributed by atoms with Crippen LogP contribution in [0.5, 0.6) is 5.75 Å². The van der Waals surface area contributed by atoms with Gasteiger partial charge in [-0.1, -0.05) is 6.07 Å². The van der Waals surface area contributed by atoms with Crippen molar-refractivity contribution in [3.63, 3.8) is 0 Å². The quantitative estimate of drug-likeness (QED) is 0.841. The molecular formula is C15H11F2NO2. The number of benzene rings is 2. The van der Waals surface area contributed by atoms with Gasteiger partial charge in [-0.05, 0) is 29.8 Å². The highest BCUT2D eigenvalue weighted by atomic mass is 19.1. The van der Waals surface area contributed by atoms with Crippen LogP contribution in [0.25, 0.3) is 0 Å².